The van der Waals surface area contributed by atoms with Gasteiger partial charge in [-0.2, -0.15) is 0 Å². The van der Waals surface area contributed by atoms with E-state index in [-0.39, 0.29) is 11.9 Å². The van der Waals surface area contributed by atoms with Gasteiger partial charge in [0.25, 0.3) is 5.91 Å². The molecule has 0 bridgehead atoms. The van der Waals surface area contributed by atoms with Gasteiger partial charge in [0.05, 0.1) is 0 Å². The first-order valence-electron chi connectivity index (χ1n) is 6.35. The average Bonchev–Trinajstić information content (AvgIpc) is 2.35. The van der Waals surface area contributed by atoms with Crippen molar-refractivity contribution in [2.75, 3.05) is 13.1 Å². The van der Waals surface area contributed by atoms with Crippen molar-refractivity contribution in [3.8, 4) is 0 Å². The maximum absolute atomic E-state index is 12.2. The molecule has 4 heteroatoms. The minimum atomic E-state index is 0.0478. The number of piperidine rings is 1. The van der Waals surface area contributed by atoms with E-state index in [1.54, 1.807) is 0 Å². The summed E-state index contributed by atoms with van der Waals surface area (Å²) in [6.45, 7) is 6.20. The zero-order valence-electron chi connectivity index (χ0n) is 10.8. The normalized spacial score (nSPS) is 23.7. The molecule has 0 aliphatic carbocycles. The smallest absolute Gasteiger partial charge is 0.251 e. The van der Waals surface area contributed by atoms with Crippen molar-refractivity contribution in [2.24, 2.45) is 5.92 Å². The molecule has 0 spiro atoms. The van der Waals surface area contributed by atoms with E-state index < -0.39 is 0 Å². The number of amides is 1. The molecule has 0 radical (unpaired) electrons. The fourth-order valence-corrected chi connectivity index (χ4v) is 2.73. The molecule has 1 amide bonds. The number of benzene rings is 1. The maximum Gasteiger partial charge on any atom is 0.251 e. The summed E-state index contributed by atoms with van der Waals surface area (Å²) in [5, 5.41) is 6.49. The number of nitrogens with one attached hydrogen (secondary N) is 2. The lowest BCUT2D eigenvalue weighted by Gasteiger charge is -2.30. The lowest BCUT2D eigenvalue weighted by molar-refractivity contribution is 0.0914. The Morgan fingerprint density at radius 3 is 2.94 bits per heavy atom. The molecular formula is C14H19IN2O. The maximum atomic E-state index is 12.2. The molecule has 1 aliphatic heterocycles. The minimum Gasteiger partial charge on any atom is -0.349 e. The molecule has 2 unspecified atom stereocenters. The third-order valence-corrected chi connectivity index (χ3v) is 4.70. The first kappa shape index (κ1) is 13.8. The van der Waals surface area contributed by atoms with Gasteiger partial charge < -0.3 is 10.6 Å². The summed E-state index contributed by atoms with van der Waals surface area (Å²) in [5.41, 5.74) is 1.97. The molecule has 98 valence electrons. The second kappa shape index (κ2) is 6.02. The largest absolute Gasteiger partial charge is 0.349 e. The van der Waals surface area contributed by atoms with Crippen molar-refractivity contribution in [1.82, 2.24) is 10.6 Å². The van der Waals surface area contributed by atoms with Crippen molar-refractivity contribution in [3.63, 3.8) is 0 Å². The Morgan fingerprint density at radius 2 is 2.28 bits per heavy atom. The summed E-state index contributed by atoms with van der Waals surface area (Å²) >= 11 is 2.27. The van der Waals surface area contributed by atoms with E-state index in [1.807, 2.05) is 18.2 Å². The lowest BCUT2D eigenvalue weighted by Crippen LogP contribution is -2.48. The molecule has 1 fully saturated rings. The number of hydrogen-bond donors (Lipinski definition) is 2. The number of aryl methyl sites for hydroxylation is 1. The molecule has 1 saturated heterocycles. The second-order valence-electron chi connectivity index (χ2n) is 5.01. The van der Waals surface area contributed by atoms with Crippen molar-refractivity contribution in [2.45, 2.75) is 26.3 Å². The molecule has 1 aromatic carbocycles. The summed E-state index contributed by atoms with van der Waals surface area (Å²) in [4.78, 5) is 12.2. The molecule has 2 N–H and O–H groups in total. The zero-order valence-corrected chi connectivity index (χ0v) is 13.0. The van der Waals surface area contributed by atoms with Gasteiger partial charge in [-0.3, -0.25) is 4.79 Å². The van der Waals surface area contributed by atoms with Crippen LogP contribution < -0.4 is 10.6 Å². The third-order valence-electron chi connectivity index (χ3n) is 3.54. The van der Waals surface area contributed by atoms with Crippen molar-refractivity contribution < 1.29 is 4.79 Å². The predicted octanol–water partition coefficient (Wildman–Crippen LogP) is 2.33. The van der Waals surface area contributed by atoms with Gasteiger partial charge in [0.1, 0.15) is 0 Å². The number of rotatable bonds is 2. The van der Waals surface area contributed by atoms with Crippen molar-refractivity contribution in [3.05, 3.63) is 32.9 Å². The number of halogens is 1. The Bertz CT molecular complexity index is 447. The van der Waals surface area contributed by atoms with Gasteiger partial charge >= 0.3 is 0 Å². The Kier molecular flexibility index (Phi) is 4.61. The minimum absolute atomic E-state index is 0.0478. The molecule has 1 aromatic rings. The van der Waals surface area contributed by atoms with E-state index in [9.17, 15) is 4.79 Å². The third kappa shape index (κ3) is 3.23. The summed E-state index contributed by atoms with van der Waals surface area (Å²) in [7, 11) is 0. The highest BCUT2D eigenvalue weighted by Crippen LogP contribution is 2.15. The first-order valence-corrected chi connectivity index (χ1v) is 7.43. The van der Waals surface area contributed by atoms with Gasteiger partial charge in [-0.15, -0.1) is 0 Å². The highest BCUT2D eigenvalue weighted by molar-refractivity contribution is 14.1. The van der Waals surface area contributed by atoms with Crippen LogP contribution in [0, 0.1) is 16.4 Å². The summed E-state index contributed by atoms with van der Waals surface area (Å²) < 4.78 is 1.14. The molecule has 0 saturated carbocycles. The van der Waals surface area contributed by atoms with Crippen LogP contribution in [0.4, 0.5) is 0 Å². The average molecular weight is 358 g/mol. The second-order valence-corrected chi connectivity index (χ2v) is 6.18. The van der Waals surface area contributed by atoms with E-state index in [4.69, 9.17) is 0 Å². The topological polar surface area (TPSA) is 41.1 Å². The molecule has 0 aromatic heterocycles. The van der Waals surface area contributed by atoms with Gasteiger partial charge in [-0.25, -0.2) is 0 Å². The van der Waals surface area contributed by atoms with Crippen LogP contribution in [0.3, 0.4) is 0 Å². The van der Waals surface area contributed by atoms with Crippen LogP contribution in [-0.4, -0.2) is 25.0 Å². The van der Waals surface area contributed by atoms with Crippen LogP contribution in [0.15, 0.2) is 18.2 Å². The Morgan fingerprint density at radius 1 is 1.50 bits per heavy atom. The summed E-state index contributed by atoms with van der Waals surface area (Å²) in [6, 6.07) is 6.15. The Labute approximate surface area is 122 Å². The number of hydrogen-bond acceptors (Lipinski definition) is 2. The van der Waals surface area contributed by atoms with Gasteiger partial charge in [-0.1, -0.05) is 13.0 Å². The molecule has 1 aliphatic rings. The SMILES string of the molecule is Cc1ccc(C(=O)NC2CCNCC2C)cc1I. The fourth-order valence-electron chi connectivity index (χ4n) is 2.21. The van der Waals surface area contributed by atoms with Crippen molar-refractivity contribution >= 4 is 28.5 Å². The van der Waals surface area contributed by atoms with Gasteiger partial charge in [0, 0.05) is 15.2 Å². The molecule has 18 heavy (non-hydrogen) atoms. The quantitative estimate of drug-likeness (QED) is 0.797. The zero-order chi connectivity index (χ0) is 13.1. The van der Waals surface area contributed by atoms with E-state index in [0.717, 1.165) is 28.6 Å². The van der Waals surface area contributed by atoms with E-state index in [2.05, 4.69) is 47.1 Å². The highest BCUT2D eigenvalue weighted by Gasteiger charge is 2.23. The molecule has 2 rings (SSSR count). The molecule has 3 nitrogen and oxygen atoms in total. The van der Waals surface area contributed by atoms with Gasteiger partial charge in [0.2, 0.25) is 0 Å². The fraction of sp³-hybridized carbons (Fsp3) is 0.500. The molecule has 2 atom stereocenters. The monoisotopic (exact) mass is 358 g/mol. The van der Waals surface area contributed by atoms with E-state index >= 15 is 0 Å². The van der Waals surface area contributed by atoms with Crippen LogP contribution in [0.2, 0.25) is 0 Å². The standard InChI is InChI=1S/C14H19IN2O/c1-9-3-4-11(7-12(9)15)14(18)17-13-5-6-16-8-10(13)2/h3-4,7,10,13,16H,5-6,8H2,1-2H3,(H,17,18). The molecular weight excluding hydrogens is 339 g/mol. The van der Waals surface area contributed by atoms with Gasteiger partial charge in [-0.05, 0) is 72.6 Å². The van der Waals surface area contributed by atoms with Crippen molar-refractivity contribution in [1.29, 1.82) is 0 Å². The number of carbonyl (C=O) groups excluding carboxylic acids is 1. The van der Waals surface area contributed by atoms with Crippen LogP contribution in [-0.2, 0) is 0 Å². The van der Waals surface area contributed by atoms with Gasteiger partial charge in [0.15, 0.2) is 0 Å². The number of carbonyl (C=O) groups is 1. The lowest BCUT2D eigenvalue weighted by atomic mass is 9.95. The van der Waals surface area contributed by atoms with E-state index in [0.29, 0.717) is 5.92 Å². The summed E-state index contributed by atoms with van der Waals surface area (Å²) in [6.07, 6.45) is 1.01. The Balaban J connectivity index is 2.04. The predicted molar refractivity (Wildman–Crippen MR) is 81.8 cm³/mol. The highest BCUT2D eigenvalue weighted by atomic mass is 127. The van der Waals surface area contributed by atoms with E-state index in [1.165, 1.54) is 5.56 Å². The van der Waals surface area contributed by atoms with Crippen LogP contribution >= 0.6 is 22.6 Å². The Hall–Kier alpha value is -0.620. The van der Waals surface area contributed by atoms with Crippen LogP contribution in [0.5, 0.6) is 0 Å². The van der Waals surface area contributed by atoms with Crippen LogP contribution in [0.25, 0.3) is 0 Å². The van der Waals surface area contributed by atoms with Crippen LogP contribution in [0.1, 0.15) is 29.3 Å². The first-order chi connectivity index (χ1) is 8.58. The molecule has 1 heterocycles. The summed E-state index contributed by atoms with van der Waals surface area (Å²) in [5.74, 6) is 0.541.